The third-order valence-corrected chi connectivity index (χ3v) is 2.46. The molecule has 0 bridgehead atoms. The maximum atomic E-state index is 9.35. The molecule has 0 aliphatic rings. The second-order valence-corrected chi connectivity index (χ2v) is 3.74. The Labute approximate surface area is 96.7 Å². The summed E-state index contributed by atoms with van der Waals surface area (Å²) in [4.78, 5) is 4.12. The lowest BCUT2D eigenvalue weighted by molar-refractivity contribution is 0.159. The number of aromatic nitrogens is 1. The fourth-order valence-electron chi connectivity index (χ4n) is 1.34. The van der Waals surface area contributed by atoms with Crippen LogP contribution in [0.5, 0.6) is 5.88 Å². The molecule has 0 radical (unpaired) electrons. The molecule has 1 heterocycles. The predicted octanol–water partition coefficient (Wildman–Crippen LogP) is 1.34. The third kappa shape index (κ3) is 4.59. The monoisotopic (exact) mass is 224 g/mol. The van der Waals surface area contributed by atoms with Crippen molar-refractivity contribution in [3.63, 3.8) is 0 Å². The first-order valence-electron chi connectivity index (χ1n) is 5.64. The van der Waals surface area contributed by atoms with Crippen LogP contribution in [0.4, 0.5) is 0 Å². The topological polar surface area (TPSA) is 54.4 Å². The van der Waals surface area contributed by atoms with Gasteiger partial charge < -0.3 is 15.2 Å². The normalized spacial score (nSPS) is 12.4. The van der Waals surface area contributed by atoms with Gasteiger partial charge in [0, 0.05) is 18.8 Å². The summed E-state index contributed by atoms with van der Waals surface area (Å²) in [6, 6.07) is 3.83. The van der Waals surface area contributed by atoms with E-state index >= 15 is 0 Å². The van der Waals surface area contributed by atoms with E-state index in [9.17, 15) is 5.11 Å². The molecule has 1 rings (SSSR count). The van der Waals surface area contributed by atoms with Gasteiger partial charge in [0.05, 0.1) is 13.2 Å². The lowest BCUT2D eigenvalue weighted by Crippen LogP contribution is -2.19. The van der Waals surface area contributed by atoms with Crippen molar-refractivity contribution in [1.82, 2.24) is 10.3 Å². The molecule has 4 heteroatoms. The molecule has 1 atom stereocenters. The van der Waals surface area contributed by atoms with E-state index in [-0.39, 0.29) is 6.10 Å². The number of aliphatic hydroxyl groups is 1. The highest BCUT2D eigenvalue weighted by Gasteiger charge is 2.00. The number of pyridine rings is 1. The summed E-state index contributed by atoms with van der Waals surface area (Å²) in [7, 11) is 1.60. The van der Waals surface area contributed by atoms with Gasteiger partial charge in [0.25, 0.3) is 0 Å². The van der Waals surface area contributed by atoms with Crippen LogP contribution in [-0.2, 0) is 6.54 Å². The Bertz CT molecular complexity index is 288. The van der Waals surface area contributed by atoms with Crippen LogP contribution in [0.15, 0.2) is 18.3 Å². The standard InChI is InChI=1S/C12H20N2O2/c1-3-11(15)6-7-13-8-10-4-5-12(16-2)14-9-10/h4-5,9,11,13,15H,3,6-8H2,1-2H3. The van der Waals surface area contributed by atoms with Gasteiger partial charge in [-0.25, -0.2) is 4.98 Å². The van der Waals surface area contributed by atoms with E-state index in [4.69, 9.17) is 4.74 Å². The Kier molecular flexibility index (Phi) is 5.82. The summed E-state index contributed by atoms with van der Waals surface area (Å²) in [5.74, 6) is 0.630. The van der Waals surface area contributed by atoms with Crippen LogP contribution < -0.4 is 10.1 Å². The van der Waals surface area contributed by atoms with E-state index in [2.05, 4.69) is 10.3 Å². The lowest BCUT2D eigenvalue weighted by atomic mass is 10.2. The zero-order valence-electron chi connectivity index (χ0n) is 9.94. The summed E-state index contributed by atoms with van der Waals surface area (Å²) in [6.07, 6.45) is 3.20. The highest BCUT2D eigenvalue weighted by atomic mass is 16.5. The van der Waals surface area contributed by atoms with Crippen LogP contribution in [0.25, 0.3) is 0 Å². The molecule has 90 valence electrons. The minimum Gasteiger partial charge on any atom is -0.481 e. The Hall–Kier alpha value is -1.13. The molecule has 0 aliphatic heterocycles. The molecular weight excluding hydrogens is 204 g/mol. The van der Waals surface area contributed by atoms with Crippen molar-refractivity contribution in [2.45, 2.75) is 32.4 Å². The fourth-order valence-corrected chi connectivity index (χ4v) is 1.34. The average molecular weight is 224 g/mol. The van der Waals surface area contributed by atoms with Crippen LogP contribution in [0.2, 0.25) is 0 Å². The zero-order valence-corrected chi connectivity index (χ0v) is 9.94. The van der Waals surface area contributed by atoms with Gasteiger partial charge in [0.15, 0.2) is 0 Å². The van der Waals surface area contributed by atoms with Crippen LogP contribution in [0.1, 0.15) is 25.3 Å². The Morgan fingerprint density at radius 1 is 1.50 bits per heavy atom. The molecule has 2 N–H and O–H groups in total. The molecule has 0 amide bonds. The summed E-state index contributed by atoms with van der Waals surface area (Å²) in [6.45, 7) is 3.58. The van der Waals surface area contributed by atoms with Crippen molar-refractivity contribution in [2.24, 2.45) is 0 Å². The fraction of sp³-hybridized carbons (Fsp3) is 0.583. The van der Waals surface area contributed by atoms with Crippen molar-refractivity contribution in [2.75, 3.05) is 13.7 Å². The first-order chi connectivity index (χ1) is 7.76. The van der Waals surface area contributed by atoms with Gasteiger partial charge in [0.2, 0.25) is 5.88 Å². The largest absolute Gasteiger partial charge is 0.481 e. The van der Waals surface area contributed by atoms with E-state index in [1.54, 1.807) is 13.3 Å². The van der Waals surface area contributed by atoms with E-state index in [0.717, 1.165) is 31.5 Å². The van der Waals surface area contributed by atoms with Gasteiger partial charge in [0.1, 0.15) is 0 Å². The van der Waals surface area contributed by atoms with Crippen LogP contribution in [0, 0.1) is 0 Å². The summed E-state index contributed by atoms with van der Waals surface area (Å²) < 4.78 is 4.98. The minimum atomic E-state index is -0.193. The molecule has 0 spiro atoms. The highest BCUT2D eigenvalue weighted by molar-refractivity contribution is 5.17. The van der Waals surface area contributed by atoms with Crippen molar-refractivity contribution in [3.8, 4) is 5.88 Å². The number of rotatable bonds is 7. The molecule has 0 fully saturated rings. The maximum Gasteiger partial charge on any atom is 0.212 e. The van der Waals surface area contributed by atoms with Crippen LogP contribution in [-0.4, -0.2) is 29.8 Å². The molecule has 16 heavy (non-hydrogen) atoms. The average Bonchev–Trinajstić information content (AvgIpc) is 2.35. The number of hydrogen-bond donors (Lipinski definition) is 2. The number of aliphatic hydroxyl groups excluding tert-OH is 1. The van der Waals surface area contributed by atoms with E-state index in [0.29, 0.717) is 5.88 Å². The van der Waals surface area contributed by atoms with Crippen molar-refractivity contribution >= 4 is 0 Å². The van der Waals surface area contributed by atoms with E-state index in [1.807, 2.05) is 19.1 Å². The van der Waals surface area contributed by atoms with Gasteiger partial charge >= 0.3 is 0 Å². The van der Waals surface area contributed by atoms with E-state index < -0.39 is 0 Å². The summed E-state index contributed by atoms with van der Waals surface area (Å²) in [5.41, 5.74) is 1.12. The summed E-state index contributed by atoms with van der Waals surface area (Å²) in [5, 5.41) is 12.6. The van der Waals surface area contributed by atoms with Gasteiger partial charge in [-0.2, -0.15) is 0 Å². The number of ether oxygens (including phenoxy) is 1. The molecule has 1 unspecified atom stereocenters. The molecular formula is C12H20N2O2. The predicted molar refractivity (Wildman–Crippen MR) is 63.4 cm³/mol. The highest BCUT2D eigenvalue weighted by Crippen LogP contribution is 2.06. The quantitative estimate of drug-likeness (QED) is 0.686. The maximum absolute atomic E-state index is 9.35. The number of nitrogens with one attached hydrogen (secondary N) is 1. The van der Waals surface area contributed by atoms with Gasteiger partial charge in [-0.15, -0.1) is 0 Å². The third-order valence-electron chi connectivity index (χ3n) is 2.46. The molecule has 1 aromatic rings. The van der Waals surface area contributed by atoms with E-state index in [1.165, 1.54) is 0 Å². The Balaban J connectivity index is 2.21. The van der Waals surface area contributed by atoms with Gasteiger partial charge in [-0.05, 0) is 24.9 Å². The van der Waals surface area contributed by atoms with Gasteiger partial charge in [-0.3, -0.25) is 0 Å². The van der Waals surface area contributed by atoms with Crippen LogP contribution in [0.3, 0.4) is 0 Å². The van der Waals surface area contributed by atoms with Crippen molar-refractivity contribution in [1.29, 1.82) is 0 Å². The second kappa shape index (κ2) is 7.19. The van der Waals surface area contributed by atoms with Gasteiger partial charge in [-0.1, -0.05) is 13.0 Å². The van der Waals surface area contributed by atoms with Crippen molar-refractivity contribution < 1.29 is 9.84 Å². The lowest BCUT2D eigenvalue weighted by Gasteiger charge is -2.08. The Morgan fingerprint density at radius 3 is 2.88 bits per heavy atom. The second-order valence-electron chi connectivity index (χ2n) is 3.74. The molecule has 0 aliphatic carbocycles. The number of nitrogens with zero attached hydrogens (tertiary/aromatic N) is 1. The molecule has 0 saturated carbocycles. The summed E-state index contributed by atoms with van der Waals surface area (Å²) >= 11 is 0. The van der Waals surface area contributed by atoms with Crippen molar-refractivity contribution in [3.05, 3.63) is 23.9 Å². The Morgan fingerprint density at radius 2 is 2.31 bits per heavy atom. The molecule has 4 nitrogen and oxygen atoms in total. The minimum absolute atomic E-state index is 0.193. The number of hydrogen-bond acceptors (Lipinski definition) is 4. The first kappa shape index (κ1) is 12.9. The number of methoxy groups -OCH3 is 1. The zero-order chi connectivity index (χ0) is 11.8. The SMILES string of the molecule is CCC(O)CCNCc1ccc(OC)nc1. The molecule has 0 aromatic carbocycles. The first-order valence-corrected chi connectivity index (χ1v) is 5.64. The molecule has 0 saturated heterocycles. The van der Waals surface area contributed by atoms with Crippen LogP contribution >= 0.6 is 0 Å². The smallest absolute Gasteiger partial charge is 0.212 e. The molecule has 1 aromatic heterocycles.